The molecule has 2 rings (SSSR count). The molecule has 20 heavy (non-hydrogen) atoms. The molecule has 1 aliphatic heterocycles. The van der Waals surface area contributed by atoms with Crippen molar-refractivity contribution in [2.45, 2.75) is 58.9 Å². The van der Waals surface area contributed by atoms with Crippen LogP contribution in [0.1, 0.15) is 57.7 Å². The van der Waals surface area contributed by atoms with Gasteiger partial charge in [-0.3, -0.25) is 0 Å². The van der Waals surface area contributed by atoms with Gasteiger partial charge in [0.1, 0.15) is 0 Å². The zero-order chi connectivity index (χ0) is 14.4. The number of likely N-dealkylation sites (tertiary alicyclic amines) is 1. The van der Waals surface area contributed by atoms with Gasteiger partial charge in [-0.15, -0.1) is 0 Å². The summed E-state index contributed by atoms with van der Waals surface area (Å²) in [4.78, 5) is 7.24. The van der Waals surface area contributed by atoms with E-state index < -0.39 is 0 Å². The first-order valence-corrected chi connectivity index (χ1v) is 8.26. The Morgan fingerprint density at radius 1 is 1.25 bits per heavy atom. The molecule has 1 aromatic heterocycles. The Morgan fingerprint density at radius 3 is 2.65 bits per heavy atom. The van der Waals surface area contributed by atoms with Crippen molar-refractivity contribution in [1.82, 2.24) is 14.5 Å². The second kappa shape index (κ2) is 7.67. The number of imidazole rings is 1. The van der Waals surface area contributed by atoms with Gasteiger partial charge in [-0.05, 0) is 39.2 Å². The molecule has 1 saturated heterocycles. The Morgan fingerprint density at radius 2 is 2.00 bits per heavy atom. The monoisotopic (exact) mass is 278 g/mol. The van der Waals surface area contributed by atoms with Crippen molar-refractivity contribution in [2.75, 3.05) is 31.5 Å². The molecule has 0 spiro atoms. The Hall–Kier alpha value is -1.03. The second-order valence-corrected chi connectivity index (χ2v) is 5.97. The molecule has 0 radical (unpaired) electrons. The Balaban J connectivity index is 1.94. The van der Waals surface area contributed by atoms with Crippen molar-refractivity contribution in [1.29, 1.82) is 0 Å². The van der Waals surface area contributed by atoms with Gasteiger partial charge in [-0.2, -0.15) is 0 Å². The lowest BCUT2D eigenvalue weighted by Gasteiger charge is -2.33. The minimum atomic E-state index is 0.619. The number of hydrogen-bond acceptors (Lipinski definition) is 3. The van der Waals surface area contributed by atoms with Crippen LogP contribution >= 0.6 is 0 Å². The van der Waals surface area contributed by atoms with Crippen molar-refractivity contribution in [2.24, 2.45) is 0 Å². The highest BCUT2D eigenvalue weighted by molar-refractivity contribution is 5.29. The lowest BCUT2D eigenvalue weighted by Crippen LogP contribution is -2.35. The number of rotatable bonds is 7. The molecule has 1 N–H and O–H groups in total. The van der Waals surface area contributed by atoms with E-state index >= 15 is 0 Å². The standard InChI is InChI=1S/C16H30N4/c1-4-6-9-17-16-18-14(3)13-20(16)15-7-11-19(10-5-2)12-8-15/h13,15H,4-12H2,1-3H3,(H,17,18). The topological polar surface area (TPSA) is 33.1 Å². The van der Waals surface area contributed by atoms with Gasteiger partial charge in [0.15, 0.2) is 0 Å². The molecule has 1 aromatic rings. The number of hydrogen-bond donors (Lipinski definition) is 1. The average molecular weight is 278 g/mol. The van der Waals surface area contributed by atoms with Crippen LogP contribution < -0.4 is 5.32 Å². The van der Waals surface area contributed by atoms with Gasteiger partial charge in [0.2, 0.25) is 5.95 Å². The summed E-state index contributed by atoms with van der Waals surface area (Å²) >= 11 is 0. The van der Waals surface area contributed by atoms with Crippen LogP contribution in [0.3, 0.4) is 0 Å². The maximum Gasteiger partial charge on any atom is 0.203 e. The minimum Gasteiger partial charge on any atom is -0.356 e. The van der Waals surface area contributed by atoms with Gasteiger partial charge in [0.05, 0.1) is 5.69 Å². The van der Waals surface area contributed by atoms with E-state index in [-0.39, 0.29) is 0 Å². The first-order valence-electron chi connectivity index (χ1n) is 8.26. The molecule has 1 aliphatic rings. The van der Waals surface area contributed by atoms with Gasteiger partial charge in [0.25, 0.3) is 0 Å². The predicted molar refractivity (Wildman–Crippen MR) is 85.4 cm³/mol. The van der Waals surface area contributed by atoms with E-state index in [1.54, 1.807) is 0 Å². The molecule has 4 nitrogen and oxygen atoms in total. The largest absolute Gasteiger partial charge is 0.356 e. The predicted octanol–water partition coefficient (Wildman–Crippen LogP) is 3.45. The third kappa shape index (κ3) is 3.98. The lowest BCUT2D eigenvalue weighted by atomic mass is 10.0. The second-order valence-electron chi connectivity index (χ2n) is 5.97. The molecule has 114 valence electrons. The molecule has 0 amide bonds. The molecule has 0 unspecified atom stereocenters. The number of unbranched alkanes of at least 4 members (excludes halogenated alkanes) is 1. The summed E-state index contributed by atoms with van der Waals surface area (Å²) in [6.07, 6.45) is 8.41. The van der Waals surface area contributed by atoms with Crippen molar-refractivity contribution in [3.8, 4) is 0 Å². The van der Waals surface area contributed by atoms with E-state index in [2.05, 4.69) is 46.7 Å². The number of nitrogens with zero attached hydrogens (tertiary/aromatic N) is 3. The zero-order valence-electron chi connectivity index (χ0n) is 13.4. The van der Waals surface area contributed by atoms with Gasteiger partial charge in [-0.25, -0.2) is 4.98 Å². The van der Waals surface area contributed by atoms with Crippen LogP contribution in [0.4, 0.5) is 5.95 Å². The highest BCUT2D eigenvalue weighted by atomic mass is 15.2. The quantitative estimate of drug-likeness (QED) is 0.776. The molecule has 0 bridgehead atoms. The Labute approximate surface area is 123 Å². The van der Waals surface area contributed by atoms with E-state index in [4.69, 9.17) is 0 Å². The number of nitrogens with one attached hydrogen (secondary N) is 1. The van der Waals surface area contributed by atoms with Gasteiger partial charge < -0.3 is 14.8 Å². The van der Waals surface area contributed by atoms with Gasteiger partial charge in [0, 0.05) is 31.9 Å². The first-order chi connectivity index (χ1) is 9.74. The fourth-order valence-corrected chi connectivity index (χ4v) is 3.04. The average Bonchev–Trinajstić information content (AvgIpc) is 2.81. The third-order valence-corrected chi connectivity index (χ3v) is 4.16. The summed E-state index contributed by atoms with van der Waals surface area (Å²) in [5.41, 5.74) is 1.12. The van der Waals surface area contributed by atoms with Crippen molar-refractivity contribution < 1.29 is 0 Å². The summed E-state index contributed by atoms with van der Waals surface area (Å²) in [6.45, 7) is 11.3. The summed E-state index contributed by atoms with van der Waals surface area (Å²) in [5, 5.41) is 3.51. The van der Waals surface area contributed by atoms with Crippen molar-refractivity contribution in [3.63, 3.8) is 0 Å². The third-order valence-electron chi connectivity index (χ3n) is 4.16. The lowest BCUT2D eigenvalue weighted by molar-refractivity contribution is 0.187. The van der Waals surface area contributed by atoms with E-state index in [9.17, 15) is 0 Å². The Kier molecular flexibility index (Phi) is 5.89. The van der Waals surface area contributed by atoms with Crippen molar-refractivity contribution >= 4 is 5.95 Å². The van der Waals surface area contributed by atoms with Gasteiger partial charge in [-0.1, -0.05) is 20.3 Å². The fraction of sp³-hybridized carbons (Fsp3) is 0.812. The highest BCUT2D eigenvalue weighted by Gasteiger charge is 2.22. The number of aryl methyl sites for hydroxylation is 1. The SMILES string of the molecule is CCCCNc1nc(C)cn1C1CCN(CCC)CC1. The van der Waals surface area contributed by atoms with Crippen molar-refractivity contribution in [3.05, 3.63) is 11.9 Å². The first kappa shape index (κ1) is 15.4. The molecule has 0 aliphatic carbocycles. The number of aromatic nitrogens is 2. The van der Waals surface area contributed by atoms with E-state index in [1.807, 2.05) is 0 Å². The van der Waals surface area contributed by atoms with Gasteiger partial charge >= 0.3 is 0 Å². The molecule has 0 aromatic carbocycles. The summed E-state index contributed by atoms with van der Waals surface area (Å²) in [6, 6.07) is 0.619. The molecule has 4 heteroatoms. The van der Waals surface area contributed by atoms with E-state index in [0.717, 1.165) is 18.2 Å². The number of anilines is 1. The molecule has 0 atom stereocenters. The molecule has 1 fully saturated rings. The zero-order valence-corrected chi connectivity index (χ0v) is 13.4. The van der Waals surface area contributed by atoms with Crippen LogP contribution in [-0.2, 0) is 0 Å². The highest BCUT2D eigenvalue weighted by Crippen LogP contribution is 2.26. The van der Waals surface area contributed by atoms with Crippen LogP contribution in [0.25, 0.3) is 0 Å². The smallest absolute Gasteiger partial charge is 0.203 e. The molecular formula is C16H30N4. The summed E-state index contributed by atoms with van der Waals surface area (Å²) in [7, 11) is 0. The molecule has 2 heterocycles. The Bertz CT molecular complexity index is 391. The molecule has 0 saturated carbocycles. The maximum atomic E-state index is 4.65. The van der Waals surface area contributed by atoms with Crippen LogP contribution in [0.2, 0.25) is 0 Å². The summed E-state index contributed by atoms with van der Waals surface area (Å²) < 4.78 is 2.38. The van der Waals surface area contributed by atoms with Crippen LogP contribution in [-0.4, -0.2) is 40.6 Å². The minimum absolute atomic E-state index is 0.619. The fourth-order valence-electron chi connectivity index (χ4n) is 3.04. The number of piperidine rings is 1. The van der Waals surface area contributed by atoms with E-state index in [1.165, 1.54) is 51.7 Å². The van der Waals surface area contributed by atoms with Crippen LogP contribution in [0.15, 0.2) is 6.20 Å². The maximum absolute atomic E-state index is 4.65. The van der Waals surface area contributed by atoms with Crippen LogP contribution in [0, 0.1) is 6.92 Å². The molecular weight excluding hydrogens is 248 g/mol. The summed E-state index contributed by atoms with van der Waals surface area (Å²) in [5.74, 6) is 1.07. The van der Waals surface area contributed by atoms with E-state index in [0.29, 0.717) is 6.04 Å². The van der Waals surface area contributed by atoms with Crippen LogP contribution in [0.5, 0.6) is 0 Å². The normalized spacial score (nSPS) is 17.6.